The van der Waals surface area contributed by atoms with E-state index in [0.29, 0.717) is 0 Å². The minimum atomic E-state index is -4.15. The van der Waals surface area contributed by atoms with Gasteiger partial charge in [0, 0.05) is 0 Å². The maximum absolute atomic E-state index is 12.7. The fourth-order valence-electron chi connectivity index (χ4n) is 3.43. The average molecular weight is 280 g/mol. The standard InChI is InChI=1S/C13H19F3O3/c1-8(2)12(10(17)18-3)11(19-12)6-4-9(5-7-11)13(14,15)16/h8-9H,4-7H2,1-3H3. The number of ether oxygens (including phenoxy) is 2. The third kappa shape index (κ3) is 2.04. The molecule has 1 aliphatic heterocycles. The number of alkyl halides is 3. The second-order valence-corrected chi connectivity index (χ2v) is 5.79. The topological polar surface area (TPSA) is 38.8 Å². The summed E-state index contributed by atoms with van der Waals surface area (Å²) in [5.74, 6) is -1.85. The molecule has 0 aromatic rings. The Morgan fingerprint density at radius 2 is 1.84 bits per heavy atom. The van der Waals surface area contributed by atoms with Crippen molar-refractivity contribution in [1.29, 1.82) is 0 Å². The molecule has 110 valence electrons. The first-order valence-electron chi connectivity index (χ1n) is 6.55. The van der Waals surface area contributed by atoms with E-state index >= 15 is 0 Å². The van der Waals surface area contributed by atoms with Gasteiger partial charge in [0.25, 0.3) is 0 Å². The number of rotatable bonds is 2. The van der Waals surface area contributed by atoms with Crippen LogP contribution < -0.4 is 0 Å². The van der Waals surface area contributed by atoms with Crippen molar-refractivity contribution in [3.8, 4) is 0 Å². The van der Waals surface area contributed by atoms with Crippen LogP contribution in [0.2, 0.25) is 0 Å². The average Bonchev–Trinajstić information content (AvgIpc) is 2.97. The van der Waals surface area contributed by atoms with E-state index in [0.717, 1.165) is 0 Å². The quantitative estimate of drug-likeness (QED) is 0.576. The fourth-order valence-corrected chi connectivity index (χ4v) is 3.43. The SMILES string of the molecule is COC(=O)C1(C(C)C)OC12CCC(C(F)(F)F)CC2. The number of hydrogen-bond donors (Lipinski definition) is 0. The summed E-state index contributed by atoms with van der Waals surface area (Å²) in [4.78, 5) is 11.9. The van der Waals surface area contributed by atoms with Crippen molar-refractivity contribution < 1.29 is 27.4 Å². The molecular weight excluding hydrogens is 261 g/mol. The van der Waals surface area contributed by atoms with Gasteiger partial charge in [-0.1, -0.05) is 13.8 Å². The van der Waals surface area contributed by atoms with Crippen molar-refractivity contribution in [2.45, 2.75) is 56.9 Å². The van der Waals surface area contributed by atoms with Crippen LogP contribution in [0.1, 0.15) is 39.5 Å². The van der Waals surface area contributed by atoms with E-state index in [2.05, 4.69) is 0 Å². The highest BCUT2D eigenvalue weighted by molar-refractivity contribution is 5.85. The van der Waals surface area contributed by atoms with Crippen LogP contribution in [0.3, 0.4) is 0 Å². The zero-order valence-electron chi connectivity index (χ0n) is 11.3. The molecule has 1 saturated heterocycles. The van der Waals surface area contributed by atoms with Crippen LogP contribution in [-0.2, 0) is 14.3 Å². The van der Waals surface area contributed by atoms with Gasteiger partial charge in [-0.25, -0.2) is 4.79 Å². The molecule has 19 heavy (non-hydrogen) atoms. The van der Waals surface area contributed by atoms with Crippen molar-refractivity contribution in [3.05, 3.63) is 0 Å². The van der Waals surface area contributed by atoms with E-state index in [4.69, 9.17) is 9.47 Å². The lowest BCUT2D eigenvalue weighted by Gasteiger charge is -2.30. The largest absolute Gasteiger partial charge is 0.467 e. The highest BCUT2D eigenvalue weighted by Gasteiger charge is 2.77. The molecule has 2 fully saturated rings. The number of carbonyl (C=O) groups is 1. The zero-order chi connectivity index (χ0) is 14.5. The molecule has 0 radical (unpaired) electrons. The highest BCUT2D eigenvalue weighted by atomic mass is 19.4. The predicted octanol–water partition coefficient (Wildman–Crippen LogP) is 3.08. The maximum atomic E-state index is 12.7. The van der Waals surface area contributed by atoms with Crippen molar-refractivity contribution in [3.63, 3.8) is 0 Å². The number of halogens is 3. The van der Waals surface area contributed by atoms with Gasteiger partial charge in [-0.2, -0.15) is 13.2 Å². The van der Waals surface area contributed by atoms with Gasteiger partial charge >= 0.3 is 12.1 Å². The Morgan fingerprint density at radius 1 is 1.32 bits per heavy atom. The highest BCUT2D eigenvalue weighted by Crippen LogP contribution is 2.62. The summed E-state index contributed by atoms with van der Waals surface area (Å²) < 4.78 is 48.4. The van der Waals surface area contributed by atoms with Crippen LogP contribution in [0.4, 0.5) is 13.2 Å². The summed E-state index contributed by atoms with van der Waals surface area (Å²) >= 11 is 0. The first-order chi connectivity index (χ1) is 8.69. The van der Waals surface area contributed by atoms with Gasteiger partial charge in [0.2, 0.25) is 0 Å². The van der Waals surface area contributed by atoms with Crippen LogP contribution in [-0.4, -0.2) is 30.5 Å². The molecule has 0 aromatic carbocycles. The van der Waals surface area contributed by atoms with E-state index < -0.39 is 29.3 Å². The predicted molar refractivity (Wildman–Crippen MR) is 61.4 cm³/mol. The van der Waals surface area contributed by atoms with Gasteiger partial charge in [-0.3, -0.25) is 0 Å². The van der Waals surface area contributed by atoms with Gasteiger partial charge in [0.05, 0.1) is 13.0 Å². The van der Waals surface area contributed by atoms with Gasteiger partial charge in [-0.05, 0) is 31.6 Å². The van der Waals surface area contributed by atoms with Crippen molar-refractivity contribution in [1.82, 2.24) is 0 Å². The summed E-state index contributed by atoms with van der Waals surface area (Å²) in [6.07, 6.45) is -3.57. The Bertz CT molecular complexity index is 370. The van der Waals surface area contributed by atoms with Gasteiger partial charge in [0.15, 0.2) is 5.60 Å². The second kappa shape index (κ2) is 4.36. The lowest BCUT2D eigenvalue weighted by atomic mass is 9.72. The molecule has 1 saturated carbocycles. The van der Waals surface area contributed by atoms with E-state index in [-0.39, 0.29) is 31.6 Å². The minimum Gasteiger partial charge on any atom is -0.467 e. The molecule has 0 N–H and O–H groups in total. The van der Waals surface area contributed by atoms with Crippen LogP contribution in [0.5, 0.6) is 0 Å². The molecule has 2 rings (SSSR count). The first-order valence-corrected chi connectivity index (χ1v) is 6.55. The molecule has 1 spiro atoms. The lowest BCUT2D eigenvalue weighted by molar-refractivity contribution is -0.184. The first kappa shape index (κ1) is 14.6. The van der Waals surface area contributed by atoms with Crippen molar-refractivity contribution in [2.24, 2.45) is 11.8 Å². The molecule has 0 bridgehead atoms. The van der Waals surface area contributed by atoms with Crippen LogP contribution >= 0.6 is 0 Å². The zero-order valence-corrected chi connectivity index (χ0v) is 11.3. The summed E-state index contributed by atoms with van der Waals surface area (Å²) in [6, 6.07) is 0. The van der Waals surface area contributed by atoms with Crippen LogP contribution in [0.25, 0.3) is 0 Å². The van der Waals surface area contributed by atoms with Crippen molar-refractivity contribution in [2.75, 3.05) is 7.11 Å². The lowest BCUT2D eigenvalue weighted by Crippen LogP contribution is -2.43. The third-order valence-electron chi connectivity index (χ3n) is 4.55. The molecular formula is C13H19F3O3. The summed E-state index contributed by atoms with van der Waals surface area (Å²) in [7, 11) is 1.28. The molecule has 1 unspecified atom stereocenters. The maximum Gasteiger partial charge on any atom is 0.391 e. The normalized spacial score (nSPS) is 38.6. The summed E-state index contributed by atoms with van der Waals surface area (Å²) in [6.45, 7) is 3.67. The van der Waals surface area contributed by atoms with Gasteiger partial charge in [0.1, 0.15) is 5.60 Å². The Hall–Kier alpha value is -0.780. The molecule has 2 aliphatic rings. The van der Waals surface area contributed by atoms with Crippen LogP contribution in [0, 0.1) is 11.8 Å². The van der Waals surface area contributed by atoms with Crippen LogP contribution in [0.15, 0.2) is 0 Å². The van der Waals surface area contributed by atoms with E-state index in [1.807, 2.05) is 13.8 Å². The molecule has 1 heterocycles. The number of hydrogen-bond acceptors (Lipinski definition) is 3. The molecule has 3 nitrogen and oxygen atoms in total. The Labute approximate surface area is 110 Å². The summed E-state index contributed by atoms with van der Waals surface area (Å²) in [5.41, 5.74) is -1.78. The molecule has 0 amide bonds. The monoisotopic (exact) mass is 280 g/mol. The fraction of sp³-hybridized carbons (Fsp3) is 0.923. The van der Waals surface area contributed by atoms with E-state index in [9.17, 15) is 18.0 Å². The number of epoxide rings is 1. The molecule has 6 heteroatoms. The van der Waals surface area contributed by atoms with E-state index in [1.165, 1.54) is 7.11 Å². The Morgan fingerprint density at radius 3 is 2.21 bits per heavy atom. The Kier molecular flexibility index (Phi) is 3.36. The van der Waals surface area contributed by atoms with E-state index in [1.54, 1.807) is 0 Å². The van der Waals surface area contributed by atoms with Gasteiger partial charge in [-0.15, -0.1) is 0 Å². The second-order valence-electron chi connectivity index (χ2n) is 5.79. The molecule has 0 aromatic heterocycles. The number of methoxy groups -OCH3 is 1. The van der Waals surface area contributed by atoms with Gasteiger partial charge < -0.3 is 9.47 Å². The Balaban J connectivity index is 2.11. The molecule has 1 aliphatic carbocycles. The summed E-state index contributed by atoms with van der Waals surface area (Å²) in [5, 5.41) is 0. The smallest absolute Gasteiger partial charge is 0.391 e. The van der Waals surface area contributed by atoms with Crippen molar-refractivity contribution >= 4 is 5.97 Å². The minimum absolute atomic E-state index is 0.0228. The molecule has 1 atom stereocenters. The number of carbonyl (C=O) groups excluding carboxylic acids is 1. The third-order valence-corrected chi connectivity index (χ3v) is 4.55. The number of esters is 1.